The molecule has 9 heteroatoms. The van der Waals surface area contributed by atoms with Crippen LogP contribution in [-0.2, 0) is 23.0 Å². The van der Waals surface area contributed by atoms with E-state index in [2.05, 4.69) is 29.1 Å². The minimum absolute atomic E-state index is 0.0703. The maximum absolute atomic E-state index is 13.6. The molecule has 0 bridgehead atoms. The van der Waals surface area contributed by atoms with E-state index < -0.39 is 24.0 Å². The van der Waals surface area contributed by atoms with Crippen molar-refractivity contribution in [3.8, 4) is 11.3 Å². The lowest BCUT2D eigenvalue weighted by Crippen LogP contribution is -2.43. The van der Waals surface area contributed by atoms with Crippen molar-refractivity contribution in [3.05, 3.63) is 72.1 Å². The van der Waals surface area contributed by atoms with Gasteiger partial charge in [0.25, 0.3) is 5.91 Å². The molecule has 0 saturated heterocycles. The molecule has 3 heterocycles. The molecule has 0 aliphatic rings. The lowest BCUT2D eigenvalue weighted by atomic mass is 10.0. The first-order valence-electron chi connectivity index (χ1n) is 12.5. The van der Waals surface area contributed by atoms with Crippen molar-refractivity contribution in [3.63, 3.8) is 0 Å². The Hall–Kier alpha value is -3.98. The van der Waals surface area contributed by atoms with Crippen LogP contribution in [-0.4, -0.2) is 39.1 Å². The number of aromatic nitrogens is 3. The van der Waals surface area contributed by atoms with Crippen molar-refractivity contribution in [1.29, 1.82) is 0 Å². The summed E-state index contributed by atoms with van der Waals surface area (Å²) in [6.07, 6.45) is 4.35. The van der Waals surface area contributed by atoms with E-state index in [9.17, 15) is 9.59 Å². The molecule has 37 heavy (non-hydrogen) atoms. The number of ether oxygens (including phenoxy) is 1. The van der Waals surface area contributed by atoms with Gasteiger partial charge in [-0.1, -0.05) is 38.1 Å². The van der Waals surface area contributed by atoms with Crippen LogP contribution in [0.2, 0.25) is 0 Å². The van der Waals surface area contributed by atoms with E-state index in [-0.39, 0.29) is 24.6 Å². The van der Waals surface area contributed by atoms with Gasteiger partial charge < -0.3 is 24.8 Å². The molecule has 0 radical (unpaired) electrons. The average molecular weight is 504 g/mol. The molecule has 3 aromatic heterocycles. The zero-order valence-electron chi connectivity index (χ0n) is 21.6. The van der Waals surface area contributed by atoms with Gasteiger partial charge in [0.05, 0.1) is 12.6 Å². The van der Waals surface area contributed by atoms with E-state index in [1.165, 1.54) is 0 Å². The average Bonchev–Trinajstić information content (AvgIpc) is 3.46. The number of rotatable bonds is 10. The summed E-state index contributed by atoms with van der Waals surface area (Å²) in [5, 5.41) is 3.71. The number of fused-ring (bicyclic) bond motifs is 1. The largest absolute Gasteiger partial charge is 0.464 e. The van der Waals surface area contributed by atoms with E-state index in [1.54, 1.807) is 25.3 Å². The molecule has 3 N–H and O–H groups in total. The van der Waals surface area contributed by atoms with Crippen molar-refractivity contribution < 1.29 is 18.7 Å². The van der Waals surface area contributed by atoms with Crippen LogP contribution in [0.25, 0.3) is 22.2 Å². The molecular weight excluding hydrogens is 470 g/mol. The van der Waals surface area contributed by atoms with Gasteiger partial charge in [-0.2, -0.15) is 0 Å². The maximum Gasteiger partial charge on any atom is 0.329 e. The van der Waals surface area contributed by atoms with Crippen LogP contribution in [0.1, 0.15) is 55.3 Å². The van der Waals surface area contributed by atoms with E-state index in [1.807, 2.05) is 48.1 Å². The molecule has 0 aliphatic heterocycles. The number of amides is 1. The fraction of sp³-hybridized carbons (Fsp3) is 0.357. The Morgan fingerprint density at radius 2 is 1.92 bits per heavy atom. The second kappa shape index (κ2) is 11.4. The van der Waals surface area contributed by atoms with Crippen LogP contribution in [0.5, 0.6) is 0 Å². The molecule has 1 aromatic carbocycles. The molecule has 4 aromatic rings. The summed E-state index contributed by atoms with van der Waals surface area (Å²) in [6, 6.07) is 11.8. The minimum atomic E-state index is -0.952. The number of nitrogens with two attached hydrogens (primary N) is 1. The van der Waals surface area contributed by atoms with Crippen molar-refractivity contribution in [2.45, 2.75) is 45.7 Å². The molecule has 0 saturated carbocycles. The van der Waals surface area contributed by atoms with Gasteiger partial charge in [-0.3, -0.25) is 9.78 Å². The third-order valence-corrected chi connectivity index (χ3v) is 6.06. The first kappa shape index (κ1) is 26.1. The molecule has 4 rings (SSSR count). The molecule has 194 valence electrons. The Balaban J connectivity index is 1.74. The lowest BCUT2D eigenvalue weighted by Gasteiger charge is -2.16. The number of nitrogens with zero attached hydrogens (tertiary/aromatic N) is 3. The number of carbonyl (C=O) groups is 2. The molecule has 1 amide bonds. The quantitative estimate of drug-likeness (QED) is 0.311. The number of oxazole rings is 1. The molecular formula is C28H33N5O4. The predicted octanol–water partition coefficient (Wildman–Crippen LogP) is 4.18. The topological polar surface area (TPSA) is 125 Å². The SMILES string of the molecule is CCOC(=O)[C@@H](Cc1ccccn1)NC(=O)c1nc([C@@H](N)CC(C)C)oc1-c1cn(C)c2ccccc12. The minimum Gasteiger partial charge on any atom is -0.464 e. The predicted molar refractivity (Wildman–Crippen MR) is 141 cm³/mol. The van der Waals surface area contributed by atoms with E-state index in [0.29, 0.717) is 23.8 Å². The zero-order valence-corrected chi connectivity index (χ0v) is 21.6. The highest BCUT2D eigenvalue weighted by molar-refractivity contribution is 6.04. The van der Waals surface area contributed by atoms with Gasteiger partial charge in [-0.05, 0) is 37.5 Å². The van der Waals surface area contributed by atoms with Gasteiger partial charge in [0, 0.05) is 48.0 Å². The van der Waals surface area contributed by atoms with Gasteiger partial charge in [0.1, 0.15) is 6.04 Å². The summed E-state index contributed by atoms with van der Waals surface area (Å²) in [4.78, 5) is 35.2. The van der Waals surface area contributed by atoms with Gasteiger partial charge in [-0.25, -0.2) is 9.78 Å². The standard InChI is InChI=1S/C28H33N5O4/c1-5-36-28(35)22(15-18-10-8-9-13-30-18)31-26(34)24-25(37-27(32-24)21(29)14-17(2)3)20-16-33(4)23-12-7-6-11-19(20)23/h6-13,16-17,21-22H,5,14-15,29H2,1-4H3,(H,31,34)/t21-,22+/m0/s1. The Bertz CT molecular complexity index is 1380. The van der Waals surface area contributed by atoms with Crippen LogP contribution in [0.4, 0.5) is 0 Å². The molecule has 0 spiro atoms. The van der Waals surface area contributed by atoms with Crippen LogP contribution in [0.3, 0.4) is 0 Å². The number of hydrogen-bond acceptors (Lipinski definition) is 7. The van der Waals surface area contributed by atoms with Gasteiger partial charge in [-0.15, -0.1) is 0 Å². The molecule has 0 unspecified atom stereocenters. The van der Waals surface area contributed by atoms with Crippen molar-refractivity contribution in [2.75, 3.05) is 6.61 Å². The van der Waals surface area contributed by atoms with Crippen LogP contribution >= 0.6 is 0 Å². The monoisotopic (exact) mass is 503 g/mol. The third-order valence-electron chi connectivity index (χ3n) is 6.06. The Labute approximate surface area is 216 Å². The van der Waals surface area contributed by atoms with Crippen molar-refractivity contribution in [2.24, 2.45) is 18.7 Å². The highest BCUT2D eigenvalue weighted by Crippen LogP contribution is 2.35. The zero-order chi connectivity index (χ0) is 26.5. The highest BCUT2D eigenvalue weighted by Gasteiger charge is 2.30. The number of benzene rings is 1. The number of pyridine rings is 1. The molecule has 2 atom stereocenters. The number of aryl methyl sites for hydroxylation is 1. The third kappa shape index (κ3) is 5.89. The number of nitrogens with one attached hydrogen (secondary N) is 1. The summed E-state index contributed by atoms with van der Waals surface area (Å²) in [6.45, 7) is 6.02. The van der Waals surface area contributed by atoms with Crippen molar-refractivity contribution in [1.82, 2.24) is 19.9 Å². The summed E-state index contributed by atoms with van der Waals surface area (Å²) in [5.74, 6) is -0.202. The number of carbonyl (C=O) groups excluding carboxylic acids is 2. The van der Waals surface area contributed by atoms with E-state index >= 15 is 0 Å². The van der Waals surface area contributed by atoms with E-state index in [4.69, 9.17) is 14.9 Å². The first-order chi connectivity index (χ1) is 17.8. The first-order valence-corrected chi connectivity index (χ1v) is 12.5. The van der Waals surface area contributed by atoms with Crippen LogP contribution in [0.15, 0.2) is 59.3 Å². The number of hydrogen-bond donors (Lipinski definition) is 2. The Morgan fingerprint density at radius 3 is 2.62 bits per heavy atom. The van der Waals surface area contributed by atoms with Crippen LogP contribution < -0.4 is 11.1 Å². The van der Waals surface area contributed by atoms with Crippen LogP contribution in [0, 0.1) is 5.92 Å². The second-order valence-electron chi connectivity index (χ2n) is 9.44. The van der Waals surface area contributed by atoms with Gasteiger partial charge in [0.2, 0.25) is 5.89 Å². The molecule has 9 nitrogen and oxygen atoms in total. The van der Waals surface area contributed by atoms with Gasteiger partial charge >= 0.3 is 5.97 Å². The normalized spacial score (nSPS) is 13.0. The lowest BCUT2D eigenvalue weighted by molar-refractivity contribution is -0.145. The van der Waals surface area contributed by atoms with E-state index in [0.717, 1.165) is 16.5 Å². The summed E-state index contributed by atoms with van der Waals surface area (Å²) < 4.78 is 13.4. The van der Waals surface area contributed by atoms with Crippen molar-refractivity contribution >= 4 is 22.8 Å². The van der Waals surface area contributed by atoms with Gasteiger partial charge in [0.15, 0.2) is 11.5 Å². The second-order valence-corrected chi connectivity index (χ2v) is 9.44. The number of esters is 1. The highest BCUT2D eigenvalue weighted by atomic mass is 16.5. The summed E-state index contributed by atoms with van der Waals surface area (Å²) >= 11 is 0. The fourth-order valence-corrected chi connectivity index (χ4v) is 4.35. The Morgan fingerprint density at radius 1 is 1.16 bits per heavy atom. The maximum atomic E-state index is 13.6. The summed E-state index contributed by atoms with van der Waals surface area (Å²) in [5.41, 5.74) is 8.81. The smallest absolute Gasteiger partial charge is 0.329 e. The summed E-state index contributed by atoms with van der Waals surface area (Å²) in [7, 11) is 1.93. The molecule has 0 aliphatic carbocycles. The fourth-order valence-electron chi connectivity index (χ4n) is 4.35. The number of para-hydroxylation sites is 1. The molecule has 0 fully saturated rings. The Kier molecular flexibility index (Phi) is 8.03.